The normalized spacial score (nSPS) is 11.9. The van der Waals surface area contributed by atoms with E-state index in [0.717, 1.165) is 12.8 Å². The average Bonchev–Trinajstić information content (AvgIpc) is 2.31. The Labute approximate surface area is 101 Å². The molecule has 0 unspecified atom stereocenters. The molecule has 0 fully saturated rings. The molecule has 0 aromatic heterocycles. The molecular weight excluding hydrogens is 198 g/mol. The van der Waals surface area contributed by atoms with Gasteiger partial charge in [0.2, 0.25) is 0 Å². The summed E-state index contributed by atoms with van der Waals surface area (Å²) in [4.78, 5) is 0. The van der Waals surface area contributed by atoms with E-state index in [0.29, 0.717) is 5.76 Å². The lowest BCUT2D eigenvalue weighted by molar-refractivity contribution is 0.378. The fourth-order valence-corrected chi connectivity index (χ4v) is 1.88. The van der Waals surface area contributed by atoms with Gasteiger partial charge in [0.15, 0.2) is 0 Å². The quantitative estimate of drug-likeness (QED) is 0.398. The van der Waals surface area contributed by atoms with Crippen LogP contribution in [0.4, 0.5) is 0 Å². The first kappa shape index (κ1) is 15.3. The van der Waals surface area contributed by atoms with E-state index < -0.39 is 0 Å². The molecule has 0 aliphatic heterocycles. The molecule has 0 rings (SSSR count). The highest BCUT2D eigenvalue weighted by Crippen LogP contribution is 2.12. The third-order valence-electron chi connectivity index (χ3n) is 2.98. The zero-order valence-corrected chi connectivity index (χ0v) is 10.9. The van der Waals surface area contributed by atoms with Crippen molar-refractivity contribution in [3.8, 4) is 0 Å². The maximum Gasteiger partial charge on any atom is 0.108 e. The lowest BCUT2D eigenvalue weighted by Gasteiger charge is -2.02. The van der Waals surface area contributed by atoms with E-state index in [1.54, 1.807) is 0 Å². The van der Waals surface area contributed by atoms with Crippen molar-refractivity contribution in [1.29, 1.82) is 0 Å². The minimum atomic E-state index is 0.333. The van der Waals surface area contributed by atoms with Crippen LogP contribution >= 0.6 is 0 Å². The summed E-state index contributed by atoms with van der Waals surface area (Å²) in [5.41, 5.74) is 5.18. The Morgan fingerprint density at radius 2 is 1.31 bits per heavy atom. The van der Waals surface area contributed by atoms with Crippen molar-refractivity contribution in [2.24, 2.45) is 5.73 Å². The second-order valence-electron chi connectivity index (χ2n) is 4.59. The lowest BCUT2D eigenvalue weighted by atomic mass is 10.1. The third-order valence-corrected chi connectivity index (χ3v) is 2.98. The van der Waals surface area contributed by atoms with Crippen LogP contribution < -0.4 is 5.73 Å². The fourth-order valence-electron chi connectivity index (χ4n) is 1.88. The SMILES string of the molecule is CCCCCCCCCCCC/C(O)=C/N. The Morgan fingerprint density at radius 1 is 0.875 bits per heavy atom. The Kier molecular flexibility index (Phi) is 11.9. The van der Waals surface area contributed by atoms with Crippen molar-refractivity contribution < 1.29 is 5.11 Å². The van der Waals surface area contributed by atoms with E-state index in [2.05, 4.69) is 6.92 Å². The minimum Gasteiger partial charge on any atom is -0.511 e. The molecule has 16 heavy (non-hydrogen) atoms. The minimum absolute atomic E-state index is 0.333. The fraction of sp³-hybridized carbons (Fsp3) is 0.857. The largest absolute Gasteiger partial charge is 0.511 e. The molecule has 2 nitrogen and oxygen atoms in total. The smallest absolute Gasteiger partial charge is 0.108 e. The summed E-state index contributed by atoms with van der Waals surface area (Å²) < 4.78 is 0. The molecule has 0 bridgehead atoms. The topological polar surface area (TPSA) is 46.2 Å². The number of rotatable bonds is 11. The Balaban J connectivity index is 2.99. The summed E-state index contributed by atoms with van der Waals surface area (Å²) in [5.74, 6) is 0.333. The summed E-state index contributed by atoms with van der Waals surface area (Å²) in [7, 11) is 0. The summed E-state index contributed by atoms with van der Waals surface area (Å²) in [6.45, 7) is 2.26. The van der Waals surface area contributed by atoms with Gasteiger partial charge in [0.25, 0.3) is 0 Å². The maximum atomic E-state index is 9.12. The van der Waals surface area contributed by atoms with Crippen molar-refractivity contribution in [2.75, 3.05) is 0 Å². The summed E-state index contributed by atoms with van der Waals surface area (Å²) in [6, 6.07) is 0. The Bertz CT molecular complexity index is 166. The van der Waals surface area contributed by atoms with E-state index >= 15 is 0 Å². The molecule has 3 N–H and O–H groups in total. The van der Waals surface area contributed by atoms with Crippen molar-refractivity contribution in [3.63, 3.8) is 0 Å². The van der Waals surface area contributed by atoms with Crippen LogP contribution in [0, 0.1) is 0 Å². The summed E-state index contributed by atoms with van der Waals surface area (Å²) in [6.07, 6.45) is 15.3. The van der Waals surface area contributed by atoms with Gasteiger partial charge in [-0.2, -0.15) is 0 Å². The molecular formula is C14H29NO. The first-order valence-corrected chi connectivity index (χ1v) is 6.91. The van der Waals surface area contributed by atoms with Crippen LogP contribution in [0.15, 0.2) is 12.0 Å². The van der Waals surface area contributed by atoms with Gasteiger partial charge < -0.3 is 10.8 Å². The maximum absolute atomic E-state index is 9.12. The second kappa shape index (κ2) is 12.4. The zero-order chi connectivity index (χ0) is 12.1. The number of aliphatic hydroxyl groups excluding tert-OH is 1. The molecule has 0 heterocycles. The predicted molar refractivity (Wildman–Crippen MR) is 71.4 cm³/mol. The lowest BCUT2D eigenvalue weighted by Crippen LogP contribution is -1.88. The molecule has 96 valence electrons. The highest BCUT2D eigenvalue weighted by Gasteiger charge is 1.94. The molecule has 0 saturated heterocycles. The van der Waals surface area contributed by atoms with Gasteiger partial charge in [-0.1, -0.05) is 64.7 Å². The van der Waals surface area contributed by atoms with Gasteiger partial charge >= 0.3 is 0 Å². The second-order valence-corrected chi connectivity index (χ2v) is 4.59. The number of aliphatic hydroxyl groups is 1. The predicted octanol–water partition coefficient (Wildman–Crippen LogP) is 4.66. The van der Waals surface area contributed by atoms with Crippen molar-refractivity contribution in [1.82, 2.24) is 0 Å². The third kappa shape index (κ3) is 11.4. The van der Waals surface area contributed by atoms with Crippen molar-refractivity contribution in [3.05, 3.63) is 12.0 Å². The molecule has 2 heteroatoms. The van der Waals surface area contributed by atoms with Crippen molar-refractivity contribution >= 4 is 0 Å². The number of unbranched alkanes of at least 4 members (excludes halogenated alkanes) is 9. The van der Waals surface area contributed by atoms with E-state index in [4.69, 9.17) is 10.8 Å². The van der Waals surface area contributed by atoms with E-state index in [1.165, 1.54) is 64.0 Å². The van der Waals surface area contributed by atoms with Gasteiger partial charge in [0.05, 0.1) is 0 Å². The van der Waals surface area contributed by atoms with Gasteiger partial charge in [0.1, 0.15) is 5.76 Å². The van der Waals surface area contributed by atoms with Gasteiger partial charge in [-0.3, -0.25) is 0 Å². The van der Waals surface area contributed by atoms with Gasteiger partial charge in [-0.15, -0.1) is 0 Å². The Morgan fingerprint density at radius 3 is 1.75 bits per heavy atom. The first-order chi connectivity index (χ1) is 7.81. The molecule has 0 aromatic rings. The van der Waals surface area contributed by atoms with Crippen LogP contribution in [0.25, 0.3) is 0 Å². The number of hydrogen-bond donors (Lipinski definition) is 2. The molecule has 0 spiro atoms. The molecule has 0 aliphatic carbocycles. The van der Waals surface area contributed by atoms with Crippen LogP contribution in [-0.4, -0.2) is 5.11 Å². The number of hydrogen-bond acceptors (Lipinski definition) is 2. The molecule has 0 aromatic carbocycles. The van der Waals surface area contributed by atoms with Gasteiger partial charge in [0, 0.05) is 12.6 Å². The average molecular weight is 227 g/mol. The van der Waals surface area contributed by atoms with Gasteiger partial charge in [-0.05, 0) is 6.42 Å². The highest BCUT2D eigenvalue weighted by atomic mass is 16.3. The first-order valence-electron chi connectivity index (χ1n) is 6.91. The molecule has 0 aliphatic rings. The highest BCUT2D eigenvalue weighted by molar-refractivity contribution is 4.85. The Hall–Kier alpha value is -0.660. The molecule has 0 saturated carbocycles. The van der Waals surface area contributed by atoms with E-state index in [9.17, 15) is 0 Å². The van der Waals surface area contributed by atoms with E-state index in [-0.39, 0.29) is 0 Å². The van der Waals surface area contributed by atoms with E-state index in [1.807, 2.05) is 0 Å². The monoisotopic (exact) mass is 227 g/mol. The standard InChI is InChI=1S/C14H29NO/c1-2-3-4-5-6-7-8-9-10-11-12-14(16)13-15/h13,16H,2-12,15H2,1H3/b14-13-. The van der Waals surface area contributed by atoms with Crippen molar-refractivity contribution in [2.45, 2.75) is 77.6 Å². The molecule has 0 radical (unpaired) electrons. The molecule has 0 atom stereocenters. The number of allylic oxidation sites excluding steroid dienone is 1. The van der Waals surface area contributed by atoms with Crippen LogP contribution in [0.1, 0.15) is 77.6 Å². The van der Waals surface area contributed by atoms with Crippen LogP contribution in [0.3, 0.4) is 0 Å². The zero-order valence-electron chi connectivity index (χ0n) is 10.9. The van der Waals surface area contributed by atoms with Crippen LogP contribution in [-0.2, 0) is 0 Å². The summed E-state index contributed by atoms with van der Waals surface area (Å²) >= 11 is 0. The number of nitrogens with two attached hydrogens (primary N) is 1. The van der Waals surface area contributed by atoms with Crippen LogP contribution in [0.5, 0.6) is 0 Å². The molecule has 0 amide bonds. The van der Waals surface area contributed by atoms with Crippen LogP contribution in [0.2, 0.25) is 0 Å². The summed E-state index contributed by atoms with van der Waals surface area (Å²) in [5, 5.41) is 9.12. The van der Waals surface area contributed by atoms with Gasteiger partial charge in [-0.25, -0.2) is 0 Å².